The number of aromatic nitrogens is 2. The highest BCUT2D eigenvalue weighted by Crippen LogP contribution is 2.27. The molecular weight excluding hydrogens is 240 g/mol. The lowest BCUT2D eigenvalue weighted by Crippen LogP contribution is -2.23. The van der Waals surface area contributed by atoms with Crippen molar-refractivity contribution in [2.75, 3.05) is 6.61 Å². The molecule has 0 spiro atoms. The minimum absolute atomic E-state index is 0.209. The maximum absolute atomic E-state index is 10.2. The smallest absolute Gasteiger partial charge is 0.130 e. The summed E-state index contributed by atoms with van der Waals surface area (Å²) in [5.74, 6) is 0.209. The predicted octanol–water partition coefficient (Wildman–Crippen LogP) is 1.71. The first-order valence-electron chi connectivity index (χ1n) is 5.96. The van der Waals surface area contributed by atoms with Crippen molar-refractivity contribution >= 4 is 11.6 Å². The van der Waals surface area contributed by atoms with Gasteiger partial charge in [-0.15, -0.1) is 0 Å². The van der Waals surface area contributed by atoms with E-state index in [0.29, 0.717) is 18.2 Å². The van der Waals surface area contributed by atoms with Crippen LogP contribution in [0.5, 0.6) is 0 Å². The molecule has 96 valence electrons. The lowest BCUT2D eigenvalue weighted by molar-refractivity contribution is 0.0806. The van der Waals surface area contributed by atoms with E-state index < -0.39 is 6.10 Å². The van der Waals surface area contributed by atoms with Gasteiger partial charge in [-0.2, -0.15) is 5.10 Å². The van der Waals surface area contributed by atoms with Crippen LogP contribution >= 0.6 is 11.6 Å². The minimum atomic E-state index is -0.402. The van der Waals surface area contributed by atoms with Crippen LogP contribution in [-0.2, 0) is 18.2 Å². The van der Waals surface area contributed by atoms with E-state index in [-0.39, 0.29) is 12.0 Å². The molecule has 3 atom stereocenters. The zero-order valence-corrected chi connectivity index (χ0v) is 11.2. The van der Waals surface area contributed by atoms with Gasteiger partial charge in [0.15, 0.2) is 0 Å². The Hall–Kier alpha value is -0.580. The van der Waals surface area contributed by atoms with Gasteiger partial charge in [0.05, 0.1) is 24.5 Å². The van der Waals surface area contributed by atoms with Gasteiger partial charge in [0, 0.05) is 24.9 Å². The van der Waals surface area contributed by atoms with Gasteiger partial charge < -0.3 is 9.84 Å². The molecule has 0 saturated carbocycles. The monoisotopic (exact) mass is 258 g/mol. The molecule has 0 radical (unpaired) electrons. The first kappa shape index (κ1) is 12.9. The van der Waals surface area contributed by atoms with E-state index in [0.717, 1.165) is 17.7 Å². The summed E-state index contributed by atoms with van der Waals surface area (Å²) in [6.45, 7) is 4.59. The molecule has 0 aliphatic carbocycles. The van der Waals surface area contributed by atoms with Gasteiger partial charge in [-0.1, -0.05) is 11.6 Å². The molecular formula is C12H19ClN2O2. The van der Waals surface area contributed by atoms with E-state index in [1.165, 1.54) is 0 Å². The van der Waals surface area contributed by atoms with Crippen LogP contribution in [0.3, 0.4) is 0 Å². The minimum Gasteiger partial charge on any atom is -0.392 e. The molecule has 17 heavy (non-hydrogen) atoms. The van der Waals surface area contributed by atoms with Gasteiger partial charge in [-0.05, 0) is 20.3 Å². The van der Waals surface area contributed by atoms with E-state index in [2.05, 4.69) is 5.10 Å². The fourth-order valence-corrected chi connectivity index (χ4v) is 2.65. The zero-order valence-electron chi connectivity index (χ0n) is 10.5. The summed E-state index contributed by atoms with van der Waals surface area (Å²) in [6.07, 6.45) is 1.32. The Morgan fingerprint density at radius 3 is 2.82 bits per heavy atom. The summed E-state index contributed by atoms with van der Waals surface area (Å²) >= 11 is 6.15. The van der Waals surface area contributed by atoms with Crippen molar-refractivity contribution < 1.29 is 9.84 Å². The Morgan fingerprint density at radius 1 is 1.65 bits per heavy atom. The van der Waals surface area contributed by atoms with E-state index in [1.807, 2.05) is 20.9 Å². The van der Waals surface area contributed by atoms with Crippen LogP contribution in [0.2, 0.25) is 5.15 Å². The molecule has 4 nitrogen and oxygen atoms in total. The average Bonchev–Trinajstić information content (AvgIpc) is 2.79. The van der Waals surface area contributed by atoms with Gasteiger partial charge in [0.2, 0.25) is 0 Å². The van der Waals surface area contributed by atoms with E-state index in [1.54, 1.807) is 4.68 Å². The molecule has 1 aromatic rings. The average molecular weight is 259 g/mol. The maximum atomic E-state index is 10.2. The highest BCUT2D eigenvalue weighted by atomic mass is 35.5. The Bertz CT molecular complexity index is 405. The molecule has 1 N–H and O–H groups in total. The van der Waals surface area contributed by atoms with Crippen molar-refractivity contribution in [3.8, 4) is 0 Å². The molecule has 0 aromatic carbocycles. The van der Waals surface area contributed by atoms with Gasteiger partial charge in [0.1, 0.15) is 5.15 Å². The standard InChI is InChI=1S/C12H19ClN2O2/c1-7-4-9(6-17-7)11(16)5-10-8(2)14-15(3)12(10)13/h7,9,11,16H,4-6H2,1-3H3. The number of rotatable bonds is 3. The second-order valence-electron chi connectivity index (χ2n) is 4.89. The van der Waals surface area contributed by atoms with Crippen LogP contribution in [0, 0.1) is 12.8 Å². The summed E-state index contributed by atoms with van der Waals surface area (Å²) < 4.78 is 7.12. The van der Waals surface area contributed by atoms with E-state index >= 15 is 0 Å². The maximum Gasteiger partial charge on any atom is 0.130 e. The zero-order chi connectivity index (χ0) is 12.6. The summed E-state index contributed by atoms with van der Waals surface area (Å²) in [5.41, 5.74) is 1.84. The normalized spacial score (nSPS) is 26.4. The molecule has 1 saturated heterocycles. The summed E-state index contributed by atoms with van der Waals surface area (Å²) in [5, 5.41) is 15.1. The van der Waals surface area contributed by atoms with Crippen molar-refractivity contribution in [1.82, 2.24) is 9.78 Å². The van der Waals surface area contributed by atoms with Crippen LogP contribution in [0.1, 0.15) is 24.6 Å². The number of aliphatic hydroxyl groups excluding tert-OH is 1. The highest BCUT2D eigenvalue weighted by Gasteiger charge is 2.29. The summed E-state index contributed by atoms with van der Waals surface area (Å²) in [4.78, 5) is 0. The Balaban J connectivity index is 2.05. The fourth-order valence-electron chi connectivity index (χ4n) is 2.40. The van der Waals surface area contributed by atoms with Crippen LogP contribution in [0.4, 0.5) is 0 Å². The number of hydrogen-bond acceptors (Lipinski definition) is 3. The van der Waals surface area contributed by atoms with Gasteiger partial charge in [-0.3, -0.25) is 4.68 Å². The Labute approximate surface area is 107 Å². The third-order valence-corrected chi connectivity index (χ3v) is 3.93. The molecule has 1 aromatic heterocycles. The second kappa shape index (κ2) is 4.96. The van der Waals surface area contributed by atoms with Crippen molar-refractivity contribution in [3.63, 3.8) is 0 Å². The molecule has 1 aliphatic heterocycles. The van der Waals surface area contributed by atoms with Crippen molar-refractivity contribution in [3.05, 3.63) is 16.4 Å². The number of aryl methyl sites for hydroxylation is 2. The fraction of sp³-hybridized carbons (Fsp3) is 0.750. The van der Waals surface area contributed by atoms with Gasteiger partial charge in [-0.25, -0.2) is 0 Å². The van der Waals surface area contributed by atoms with Crippen molar-refractivity contribution in [1.29, 1.82) is 0 Å². The number of hydrogen-bond donors (Lipinski definition) is 1. The first-order valence-corrected chi connectivity index (χ1v) is 6.34. The van der Waals surface area contributed by atoms with Crippen LogP contribution < -0.4 is 0 Å². The van der Waals surface area contributed by atoms with Crippen LogP contribution in [0.25, 0.3) is 0 Å². The summed E-state index contributed by atoms with van der Waals surface area (Å²) in [7, 11) is 1.81. The van der Waals surface area contributed by atoms with E-state index in [9.17, 15) is 5.11 Å². The van der Waals surface area contributed by atoms with Gasteiger partial charge >= 0.3 is 0 Å². The van der Waals surface area contributed by atoms with Crippen LogP contribution in [-0.4, -0.2) is 33.7 Å². The lowest BCUT2D eigenvalue weighted by Gasteiger charge is -2.16. The molecule has 2 heterocycles. The second-order valence-corrected chi connectivity index (χ2v) is 5.25. The number of nitrogens with zero attached hydrogens (tertiary/aromatic N) is 2. The SMILES string of the molecule is Cc1nn(C)c(Cl)c1CC(O)C1COC(C)C1. The summed E-state index contributed by atoms with van der Waals surface area (Å²) in [6, 6.07) is 0. The first-order chi connectivity index (χ1) is 7.99. The van der Waals surface area contributed by atoms with Gasteiger partial charge in [0.25, 0.3) is 0 Å². The number of aliphatic hydroxyl groups is 1. The predicted molar refractivity (Wildman–Crippen MR) is 66.2 cm³/mol. The molecule has 0 bridgehead atoms. The number of halogens is 1. The number of ether oxygens (including phenoxy) is 1. The quantitative estimate of drug-likeness (QED) is 0.898. The topological polar surface area (TPSA) is 47.3 Å². The van der Waals surface area contributed by atoms with E-state index in [4.69, 9.17) is 16.3 Å². The molecule has 0 amide bonds. The third kappa shape index (κ3) is 2.64. The van der Waals surface area contributed by atoms with Crippen molar-refractivity contribution in [2.45, 2.75) is 38.9 Å². The molecule has 1 fully saturated rings. The Kier molecular flexibility index (Phi) is 3.76. The third-order valence-electron chi connectivity index (χ3n) is 3.46. The van der Waals surface area contributed by atoms with Crippen LogP contribution in [0.15, 0.2) is 0 Å². The molecule has 5 heteroatoms. The lowest BCUT2D eigenvalue weighted by atomic mass is 9.94. The Morgan fingerprint density at radius 2 is 2.35 bits per heavy atom. The molecule has 1 aliphatic rings. The molecule has 2 rings (SSSR count). The molecule has 3 unspecified atom stereocenters. The largest absolute Gasteiger partial charge is 0.392 e. The highest BCUT2D eigenvalue weighted by molar-refractivity contribution is 6.30. The van der Waals surface area contributed by atoms with Crippen molar-refractivity contribution in [2.24, 2.45) is 13.0 Å².